The second-order valence-electron chi connectivity index (χ2n) is 4.15. The number of rotatable bonds is 3. The molecule has 1 amide bonds. The van der Waals surface area contributed by atoms with Crippen LogP contribution in [0.2, 0.25) is 0 Å². The van der Waals surface area contributed by atoms with E-state index >= 15 is 0 Å². The van der Waals surface area contributed by atoms with Crippen molar-refractivity contribution in [1.29, 1.82) is 0 Å². The Kier molecular flexibility index (Phi) is 2.90. The van der Waals surface area contributed by atoms with Gasteiger partial charge in [0, 0.05) is 6.04 Å². The van der Waals surface area contributed by atoms with Gasteiger partial charge in [-0.3, -0.25) is 9.59 Å². The molecule has 1 saturated carbocycles. The molecule has 0 aromatic rings. The molecular formula is C10H15NO4. The monoisotopic (exact) mass is 213 g/mol. The van der Waals surface area contributed by atoms with Crippen molar-refractivity contribution in [3.8, 4) is 0 Å². The third-order valence-corrected chi connectivity index (χ3v) is 3.10. The Morgan fingerprint density at radius 3 is 2.80 bits per heavy atom. The summed E-state index contributed by atoms with van der Waals surface area (Å²) in [5, 5.41) is 8.75. The molecule has 1 aliphatic carbocycles. The number of hydrogen-bond donors (Lipinski definition) is 1. The smallest absolute Gasteiger partial charge is 0.305 e. The molecule has 0 bridgehead atoms. The number of carboxylic acids is 1. The van der Waals surface area contributed by atoms with Crippen molar-refractivity contribution in [2.45, 2.75) is 37.8 Å². The van der Waals surface area contributed by atoms with Crippen LogP contribution in [0, 0.1) is 0 Å². The van der Waals surface area contributed by atoms with E-state index in [0.29, 0.717) is 6.61 Å². The van der Waals surface area contributed by atoms with E-state index in [0.717, 1.165) is 19.3 Å². The quantitative estimate of drug-likeness (QED) is 0.729. The fourth-order valence-electron chi connectivity index (χ4n) is 2.17. The standard InChI is InChI=1S/C10H15NO4/c12-9-6-15-5-8(4-10(13)14)11(9)7-2-1-3-7/h7-8H,1-6H2,(H,13,14). The van der Waals surface area contributed by atoms with E-state index in [1.54, 1.807) is 4.90 Å². The predicted octanol–water partition coefficient (Wildman–Crippen LogP) is 0.241. The molecule has 0 aromatic carbocycles. The van der Waals surface area contributed by atoms with Crippen LogP contribution in [0.4, 0.5) is 0 Å². The highest BCUT2D eigenvalue weighted by Crippen LogP contribution is 2.29. The molecule has 5 heteroatoms. The van der Waals surface area contributed by atoms with E-state index in [1.165, 1.54) is 0 Å². The molecule has 1 heterocycles. The van der Waals surface area contributed by atoms with E-state index in [4.69, 9.17) is 9.84 Å². The molecule has 0 aromatic heterocycles. The van der Waals surface area contributed by atoms with Crippen molar-refractivity contribution in [2.75, 3.05) is 13.2 Å². The summed E-state index contributed by atoms with van der Waals surface area (Å²) >= 11 is 0. The molecule has 0 radical (unpaired) electrons. The molecule has 1 aliphatic heterocycles. The zero-order chi connectivity index (χ0) is 10.8. The largest absolute Gasteiger partial charge is 0.481 e. The number of hydrogen-bond acceptors (Lipinski definition) is 3. The lowest BCUT2D eigenvalue weighted by molar-refractivity contribution is -0.158. The second-order valence-corrected chi connectivity index (χ2v) is 4.15. The summed E-state index contributed by atoms with van der Waals surface area (Å²) < 4.78 is 5.09. The Hall–Kier alpha value is -1.10. The third kappa shape index (κ3) is 2.12. The number of ether oxygens (including phenoxy) is 1. The van der Waals surface area contributed by atoms with E-state index in [1.807, 2.05) is 0 Å². The molecule has 15 heavy (non-hydrogen) atoms. The van der Waals surface area contributed by atoms with Gasteiger partial charge in [0.1, 0.15) is 6.61 Å². The van der Waals surface area contributed by atoms with Crippen molar-refractivity contribution in [2.24, 2.45) is 0 Å². The van der Waals surface area contributed by atoms with E-state index in [-0.39, 0.29) is 31.0 Å². The topological polar surface area (TPSA) is 66.8 Å². The highest BCUT2D eigenvalue weighted by molar-refractivity contribution is 5.80. The summed E-state index contributed by atoms with van der Waals surface area (Å²) in [6, 6.07) is -0.0141. The van der Waals surface area contributed by atoms with Gasteiger partial charge in [-0.05, 0) is 19.3 Å². The van der Waals surface area contributed by atoms with Gasteiger partial charge < -0.3 is 14.7 Å². The van der Waals surface area contributed by atoms with Crippen molar-refractivity contribution >= 4 is 11.9 Å². The second kappa shape index (κ2) is 4.18. The summed E-state index contributed by atoms with van der Waals surface area (Å²) in [7, 11) is 0. The minimum atomic E-state index is -0.873. The van der Waals surface area contributed by atoms with Gasteiger partial charge in [0.05, 0.1) is 19.1 Å². The van der Waals surface area contributed by atoms with Gasteiger partial charge in [0.15, 0.2) is 0 Å². The van der Waals surface area contributed by atoms with Crippen molar-refractivity contribution in [3.05, 3.63) is 0 Å². The van der Waals surface area contributed by atoms with Crippen molar-refractivity contribution in [1.82, 2.24) is 4.90 Å². The summed E-state index contributed by atoms with van der Waals surface area (Å²) in [5.41, 5.74) is 0. The Morgan fingerprint density at radius 1 is 1.53 bits per heavy atom. The van der Waals surface area contributed by atoms with Crippen LogP contribution >= 0.6 is 0 Å². The maximum absolute atomic E-state index is 11.6. The van der Waals surface area contributed by atoms with Gasteiger partial charge in [-0.1, -0.05) is 0 Å². The number of morpholine rings is 1. The molecule has 1 N–H and O–H groups in total. The molecule has 0 spiro atoms. The molecule has 5 nitrogen and oxygen atoms in total. The Morgan fingerprint density at radius 2 is 2.27 bits per heavy atom. The van der Waals surface area contributed by atoms with Gasteiger partial charge >= 0.3 is 5.97 Å². The van der Waals surface area contributed by atoms with Crippen LogP contribution in [0.1, 0.15) is 25.7 Å². The molecule has 84 valence electrons. The fraction of sp³-hybridized carbons (Fsp3) is 0.800. The molecule has 2 aliphatic rings. The first-order valence-corrected chi connectivity index (χ1v) is 5.29. The number of amides is 1. The summed E-state index contributed by atoms with van der Waals surface area (Å²) in [4.78, 5) is 24.0. The van der Waals surface area contributed by atoms with Crippen LogP contribution in [0.25, 0.3) is 0 Å². The van der Waals surface area contributed by atoms with Crippen molar-refractivity contribution in [3.63, 3.8) is 0 Å². The first-order chi connectivity index (χ1) is 7.18. The summed E-state index contributed by atoms with van der Waals surface area (Å²) in [6.07, 6.45) is 3.13. The maximum atomic E-state index is 11.6. The third-order valence-electron chi connectivity index (χ3n) is 3.10. The number of carbonyl (C=O) groups excluding carboxylic acids is 1. The van der Waals surface area contributed by atoms with Crippen LogP contribution < -0.4 is 0 Å². The minimum Gasteiger partial charge on any atom is -0.481 e. The zero-order valence-corrected chi connectivity index (χ0v) is 8.52. The molecule has 2 rings (SSSR count). The van der Waals surface area contributed by atoms with Gasteiger partial charge in [0.2, 0.25) is 5.91 Å². The fourth-order valence-corrected chi connectivity index (χ4v) is 2.17. The molecule has 1 saturated heterocycles. The van der Waals surface area contributed by atoms with Crippen LogP contribution in [0.3, 0.4) is 0 Å². The predicted molar refractivity (Wildman–Crippen MR) is 51.3 cm³/mol. The molecular weight excluding hydrogens is 198 g/mol. The average molecular weight is 213 g/mol. The Balaban J connectivity index is 2.04. The van der Waals surface area contributed by atoms with E-state index in [2.05, 4.69) is 0 Å². The maximum Gasteiger partial charge on any atom is 0.305 e. The molecule has 1 atom stereocenters. The highest BCUT2D eigenvalue weighted by atomic mass is 16.5. The first-order valence-electron chi connectivity index (χ1n) is 5.29. The zero-order valence-electron chi connectivity index (χ0n) is 8.52. The molecule has 1 unspecified atom stereocenters. The average Bonchev–Trinajstić information content (AvgIpc) is 2.06. The SMILES string of the molecule is O=C(O)CC1COCC(=O)N1C1CCC1. The number of nitrogens with zero attached hydrogens (tertiary/aromatic N) is 1. The van der Waals surface area contributed by atoms with Crippen LogP contribution in [-0.2, 0) is 14.3 Å². The minimum absolute atomic E-state index is 0.0117. The van der Waals surface area contributed by atoms with Gasteiger partial charge in [-0.2, -0.15) is 0 Å². The van der Waals surface area contributed by atoms with Gasteiger partial charge in [-0.25, -0.2) is 0 Å². The Labute approximate surface area is 88.0 Å². The summed E-state index contributed by atoms with van der Waals surface area (Å²) in [5.74, 6) is -0.931. The number of carboxylic acid groups (broad SMARTS) is 1. The first kappa shape index (κ1) is 10.4. The van der Waals surface area contributed by atoms with Crippen molar-refractivity contribution < 1.29 is 19.4 Å². The van der Waals surface area contributed by atoms with Gasteiger partial charge in [-0.15, -0.1) is 0 Å². The normalized spacial score (nSPS) is 27.6. The highest BCUT2D eigenvalue weighted by Gasteiger charge is 2.37. The lowest BCUT2D eigenvalue weighted by atomic mass is 9.89. The van der Waals surface area contributed by atoms with Crippen LogP contribution in [0.5, 0.6) is 0 Å². The van der Waals surface area contributed by atoms with E-state index < -0.39 is 5.97 Å². The molecule has 2 fully saturated rings. The summed E-state index contributed by atoms with van der Waals surface area (Å²) in [6.45, 7) is 0.459. The lowest BCUT2D eigenvalue weighted by Crippen LogP contribution is -2.56. The van der Waals surface area contributed by atoms with Crippen LogP contribution in [-0.4, -0.2) is 47.2 Å². The van der Waals surface area contributed by atoms with E-state index in [9.17, 15) is 9.59 Å². The van der Waals surface area contributed by atoms with Gasteiger partial charge in [0.25, 0.3) is 0 Å². The lowest BCUT2D eigenvalue weighted by Gasteiger charge is -2.44. The van der Waals surface area contributed by atoms with Crippen LogP contribution in [0.15, 0.2) is 0 Å². The Bertz CT molecular complexity index is 275. The number of aliphatic carboxylic acids is 1. The number of carbonyl (C=O) groups is 2.